The Kier molecular flexibility index (Phi) is 4.39. The third kappa shape index (κ3) is 3.22. The van der Waals surface area contributed by atoms with Crippen LogP contribution in [0.5, 0.6) is 0 Å². The van der Waals surface area contributed by atoms with Crippen LogP contribution in [0.1, 0.15) is 25.3 Å². The molecule has 2 saturated heterocycles. The summed E-state index contributed by atoms with van der Waals surface area (Å²) in [5, 5.41) is 9.80. The normalized spacial score (nSPS) is 31.4. The fraction of sp³-hybridized carbons (Fsp3) is 0.647. The second kappa shape index (κ2) is 6.25. The van der Waals surface area contributed by atoms with Crippen LogP contribution in [0.2, 0.25) is 0 Å². The van der Waals surface area contributed by atoms with Crippen LogP contribution >= 0.6 is 0 Å². The summed E-state index contributed by atoms with van der Waals surface area (Å²) in [5.41, 5.74) is 1.44. The van der Waals surface area contributed by atoms with E-state index in [9.17, 15) is 5.11 Å². The van der Waals surface area contributed by atoms with Crippen LogP contribution in [-0.2, 0) is 6.42 Å². The van der Waals surface area contributed by atoms with E-state index in [2.05, 4.69) is 47.1 Å². The highest BCUT2D eigenvalue weighted by molar-refractivity contribution is 5.14. The molecular weight excluding hydrogens is 248 g/mol. The van der Waals surface area contributed by atoms with Crippen molar-refractivity contribution in [2.24, 2.45) is 0 Å². The molecule has 0 unspecified atom stereocenters. The number of aliphatic hydroxyl groups excluding tert-OH is 1. The van der Waals surface area contributed by atoms with Gasteiger partial charge in [0.25, 0.3) is 0 Å². The summed E-state index contributed by atoms with van der Waals surface area (Å²) in [7, 11) is 0. The molecule has 2 aliphatic heterocycles. The van der Waals surface area contributed by atoms with Gasteiger partial charge in [0.2, 0.25) is 0 Å². The summed E-state index contributed by atoms with van der Waals surface area (Å²) in [5.74, 6) is 0. The van der Waals surface area contributed by atoms with Gasteiger partial charge < -0.3 is 5.11 Å². The van der Waals surface area contributed by atoms with E-state index in [1.54, 1.807) is 0 Å². The molecule has 20 heavy (non-hydrogen) atoms. The highest BCUT2D eigenvalue weighted by Crippen LogP contribution is 2.25. The smallest absolute Gasteiger partial charge is 0.0682 e. The third-order valence-electron chi connectivity index (χ3n) is 4.83. The summed E-state index contributed by atoms with van der Waals surface area (Å²) in [6.07, 6.45) is 3.25. The van der Waals surface area contributed by atoms with Gasteiger partial charge in [-0.2, -0.15) is 0 Å². The number of hydrogen-bond acceptors (Lipinski definition) is 3. The minimum atomic E-state index is -0.100. The van der Waals surface area contributed by atoms with Crippen LogP contribution < -0.4 is 0 Å². The molecule has 0 radical (unpaired) electrons. The number of benzene rings is 1. The van der Waals surface area contributed by atoms with Crippen molar-refractivity contribution in [2.45, 2.75) is 44.4 Å². The largest absolute Gasteiger partial charge is 0.392 e. The Morgan fingerprint density at radius 1 is 1.15 bits per heavy atom. The molecule has 0 aliphatic carbocycles. The van der Waals surface area contributed by atoms with Gasteiger partial charge >= 0.3 is 0 Å². The second-order valence-electron chi connectivity index (χ2n) is 6.43. The quantitative estimate of drug-likeness (QED) is 0.906. The summed E-state index contributed by atoms with van der Waals surface area (Å²) in [6.45, 7) is 6.63. The maximum atomic E-state index is 9.80. The summed E-state index contributed by atoms with van der Waals surface area (Å²) < 4.78 is 0. The van der Waals surface area contributed by atoms with E-state index in [4.69, 9.17) is 0 Å². The van der Waals surface area contributed by atoms with Gasteiger partial charge in [-0.15, -0.1) is 0 Å². The van der Waals surface area contributed by atoms with Crippen molar-refractivity contribution in [1.29, 1.82) is 0 Å². The van der Waals surface area contributed by atoms with Crippen LogP contribution in [-0.4, -0.2) is 59.3 Å². The number of nitrogens with zero attached hydrogens (tertiary/aromatic N) is 2. The predicted octanol–water partition coefficient (Wildman–Crippen LogP) is 1.76. The minimum absolute atomic E-state index is 0.100. The molecule has 0 spiro atoms. The van der Waals surface area contributed by atoms with Gasteiger partial charge in [-0.25, -0.2) is 0 Å². The highest BCUT2D eigenvalue weighted by atomic mass is 16.3. The van der Waals surface area contributed by atoms with Gasteiger partial charge in [-0.3, -0.25) is 9.80 Å². The Labute approximate surface area is 122 Å². The number of rotatable bonds is 4. The van der Waals surface area contributed by atoms with Crippen molar-refractivity contribution in [3.8, 4) is 0 Å². The van der Waals surface area contributed by atoms with Crippen LogP contribution in [0, 0.1) is 0 Å². The van der Waals surface area contributed by atoms with E-state index >= 15 is 0 Å². The van der Waals surface area contributed by atoms with Gasteiger partial charge in [-0.1, -0.05) is 30.3 Å². The van der Waals surface area contributed by atoms with E-state index in [1.165, 1.54) is 24.9 Å². The number of hydrogen-bond donors (Lipinski definition) is 1. The van der Waals surface area contributed by atoms with Gasteiger partial charge in [0.1, 0.15) is 0 Å². The van der Waals surface area contributed by atoms with Gasteiger partial charge in [0.05, 0.1) is 6.10 Å². The molecule has 0 saturated carbocycles. The first-order valence-electron chi connectivity index (χ1n) is 7.92. The Hall–Kier alpha value is -0.900. The zero-order valence-electron chi connectivity index (χ0n) is 12.4. The van der Waals surface area contributed by atoms with E-state index in [-0.39, 0.29) is 6.10 Å². The Morgan fingerprint density at radius 3 is 2.75 bits per heavy atom. The SMILES string of the molecule is C[C@H]1CN2C[C@H](O)C[C@H]2CN1CCCc1ccccc1. The molecule has 0 aromatic heterocycles. The van der Waals surface area contributed by atoms with E-state index < -0.39 is 0 Å². The first kappa shape index (κ1) is 14.1. The van der Waals surface area contributed by atoms with Gasteiger partial charge in [0.15, 0.2) is 0 Å². The third-order valence-corrected chi connectivity index (χ3v) is 4.83. The lowest BCUT2D eigenvalue weighted by Gasteiger charge is -2.42. The Morgan fingerprint density at radius 2 is 1.95 bits per heavy atom. The molecule has 1 aromatic carbocycles. The van der Waals surface area contributed by atoms with Crippen molar-refractivity contribution < 1.29 is 5.11 Å². The standard InChI is InChI=1S/C17H26N2O/c1-14-11-19-13-17(20)10-16(19)12-18(14)9-5-8-15-6-3-2-4-7-15/h2-4,6-7,14,16-17,20H,5,8-13H2,1H3/t14-,16-,17+/m0/s1. The topological polar surface area (TPSA) is 26.7 Å². The molecule has 3 atom stereocenters. The highest BCUT2D eigenvalue weighted by Gasteiger charge is 2.37. The fourth-order valence-corrected chi connectivity index (χ4v) is 3.72. The molecule has 2 fully saturated rings. The molecule has 3 rings (SSSR count). The van der Waals surface area contributed by atoms with Crippen LogP contribution in [0.15, 0.2) is 30.3 Å². The molecule has 0 amide bonds. The summed E-state index contributed by atoms with van der Waals surface area (Å²) in [6, 6.07) is 12.0. The van der Waals surface area contributed by atoms with Crippen LogP contribution in [0.25, 0.3) is 0 Å². The van der Waals surface area contributed by atoms with Gasteiger partial charge in [0, 0.05) is 31.7 Å². The molecule has 3 heteroatoms. The minimum Gasteiger partial charge on any atom is -0.392 e. The fourth-order valence-electron chi connectivity index (χ4n) is 3.72. The second-order valence-corrected chi connectivity index (χ2v) is 6.43. The zero-order chi connectivity index (χ0) is 13.9. The lowest BCUT2D eigenvalue weighted by atomic mass is 10.1. The van der Waals surface area contributed by atoms with E-state index in [0.717, 1.165) is 26.1 Å². The number of aliphatic hydroxyl groups is 1. The Bertz CT molecular complexity index is 422. The van der Waals surface area contributed by atoms with Crippen LogP contribution in [0.3, 0.4) is 0 Å². The monoisotopic (exact) mass is 274 g/mol. The molecule has 1 N–H and O–H groups in total. The van der Waals surface area contributed by atoms with E-state index in [1.807, 2.05) is 0 Å². The number of fused-ring (bicyclic) bond motifs is 1. The predicted molar refractivity (Wildman–Crippen MR) is 81.8 cm³/mol. The van der Waals surface area contributed by atoms with Crippen molar-refractivity contribution >= 4 is 0 Å². The molecule has 1 aromatic rings. The summed E-state index contributed by atoms with van der Waals surface area (Å²) in [4.78, 5) is 5.09. The zero-order valence-corrected chi connectivity index (χ0v) is 12.4. The molecule has 2 aliphatic rings. The average Bonchev–Trinajstić information content (AvgIpc) is 2.79. The lowest BCUT2D eigenvalue weighted by Crippen LogP contribution is -2.55. The van der Waals surface area contributed by atoms with Crippen molar-refractivity contribution in [3.05, 3.63) is 35.9 Å². The number of piperazine rings is 1. The molecule has 2 heterocycles. The Balaban J connectivity index is 1.48. The van der Waals surface area contributed by atoms with Crippen molar-refractivity contribution in [1.82, 2.24) is 9.80 Å². The lowest BCUT2D eigenvalue weighted by molar-refractivity contribution is 0.0576. The number of aryl methyl sites for hydroxylation is 1. The first-order chi connectivity index (χ1) is 9.72. The van der Waals surface area contributed by atoms with Crippen molar-refractivity contribution in [2.75, 3.05) is 26.2 Å². The molecule has 0 bridgehead atoms. The first-order valence-corrected chi connectivity index (χ1v) is 7.92. The average molecular weight is 274 g/mol. The van der Waals surface area contributed by atoms with Crippen molar-refractivity contribution in [3.63, 3.8) is 0 Å². The molecule has 110 valence electrons. The maximum Gasteiger partial charge on any atom is 0.0682 e. The summed E-state index contributed by atoms with van der Waals surface area (Å²) >= 11 is 0. The molecule has 3 nitrogen and oxygen atoms in total. The van der Waals surface area contributed by atoms with Gasteiger partial charge in [-0.05, 0) is 38.3 Å². The van der Waals surface area contributed by atoms with Crippen LogP contribution in [0.4, 0.5) is 0 Å². The van der Waals surface area contributed by atoms with E-state index in [0.29, 0.717) is 12.1 Å². The molecular formula is C17H26N2O. The maximum absolute atomic E-state index is 9.80.